The van der Waals surface area contributed by atoms with Crippen LogP contribution in [0, 0.1) is 5.82 Å². The maximum absolute atomic E-state index is 13.8. The zero-order chi connectivity index (χ0) is 14.2. The maximum Gasteiger partial charge on any atom is 0.133 e. The SMILES string of the molecule is Fc1ccccc1Cc1nc2c(c(C3CC3)n1)CNCC2. The minimum atomic E-state index is -0.173. The molecule has 0 atom stereocenters. The van der Waals surface area contributed by atoms with E-state index in [-0.39, 0.29) is 5.82 Å². The Balaban J connectivity index is 1.72. The monoisotopic (exact) mass is 283 g/mol. The molecule has 0 amide bonds. The van der Waals surface area contributed by atoms with Gasteiger partial charge in [0, 0.05) is 37.4 Å². The van der Waals surface area contributed by atoms with E-state index in [2.05, 4.69) is 5.32 Å². The average Bonchev–Trinajstić information content (AvgIpc) is 3.33. The molecule has 1 aromatic heterocycles. The predicted octanol–water partition coefficient (Wildman–Crippen LogP) is 2.73. The summed E-state index contributed by atoms with van der Waals surface area (Å²) in [6.07, 6.45) is 3.88. The molecule has 1 aliphatic heterocycles. The number of nitrogens with one attached hydrogen (secondary N) is 1. The van der Waals surface area contributed by atoms with Gasteiger partial charge in [-0.2, -0.15) is 0 Å². The van der Waals surface area contributed by atoms with Crippen molar-refractivity contribution >= 4 is 0 Å². The molecule has 4 rings (SSSR count). The Kier molecular flexibility index (Phi) is 3.19. The third-order valence-corrected chi connectivity index (χ3v) is 4.28. The zero-order valence-corrected chi connectivity index (χ0v) is 11.9. The van der Waals surface area contributed by atoms with Crippen molar-refractivity contribution in [1.29, 1.82) is 0 Å². The number of fused-ring (bicyclic) bond motifs is 1. The van der Waals surface area contributed by atoms with Crippen LogP contribution in [-0.4, -0.2) is 16.5 Å². The van der Waals surface area contributed by atoms with Gasteiger partial charge in [-0.15, -0.1) is 0 Å². The summed E-state index contributed by atoms with van der Waals surface area (Å²) in [5, 5.41) is 3.40. The third-order valence-electron chi connectivity index (χ3n) is 4.28. The molecule has 108 valence electrons. The van der Waals surface area contributed by atoms with Gasteiger partial charge in [0.2, 0.25) is 0 Å². The van der Waals surface area contributed by atoms with Gasteiger partial charge < -0.3 is 5.32 Å². The van der Waals surface area contributed by atoms with Gasteiger partial charge in [-0.05, 0) is 24.5 Å². The molecule has 1 fully saturated rings. The van der Waals surface area contributed by atoms with Crippen molar-refractivity contribution in [2.24, 2.45) is 0 Å². The van der Waals surface area contributed by atoms with Gasteiger partial charge in [0.15, 0.2) is 0 Å². The highest BCUT2D eigenvalue weighted by molar-refractivity contribution is 5.34. The standard InChI is InChI=1S/C17H18FN3/c18-14-4-2-1-3-12(14)9-16-20-15-7-8-19-10-13(15)17(21-16)11-5-6-11/h1-4,11,19H,5-10H2. The second kappa shape index (κ2) is 5.19. The van der Waals surface area contributed by atoms with Crippen LogP contribution in [-0.2, 0) is 19.4 Å². The summed E-state index contributed by atoms with van der Waals surface area (Å²) in [7, 11) is 0. The van der Waals surface area contributed by atoms with Crippen molar-refractivity contribution in [3.8, 4) is 0 Å². The van der Waals surface area contributed by atoms with Gasteiger partial charge in [-0.25, -0.2) is 14.4 Å². The van der Waals surface area contributed by atoms with E-state index in [1.165, 1.54) is 30.2 Å². The summed E-state index contributed by atoms with van der Waals surface area (Å²) in [6, 6.07) is 6.90. The fourth-order valence-electron chi connectivity index (χ4n) is 3.01. The van der Waals surface area contributed by atoms with E-state index < -0.39 is 0 Å². The Bertz CT molecular complexity index is 680. The molecule has 0 spiro atoms. The molecule has 2 aliphatic rings. The van der Waals surface area contributed by atoms with Crippen LogP contribution in [0.1, 0.15) is 47.1 Å². The lowest BCUT2D eigenvalue weighted by Gasteiger charge is -2.20. The molecular weight excluding hydrogens is 265 g/mol. The van der Waals surface area contributed by atoms with Crippen LogP contribution in [0.15, 0.2) is 24.3 Å². The Morgan fingerprint density at radius 1 is 1.19 bits per heavy atom. The van der Waals surface area contributed by atoms with E-state index >= 15 is 0 Å². The highest BCUT2D eigenvalue weighted by Gasteiger charge is 2.30. The quantitative estimate of drug-likeness (QED) is 0.941. The average molecular weight is 283 g/mol. The van der Waals surface area contributed by atoms with Gasteiger partial charge in [-0.1, -0.05) is 18.2 Å². The molecule has 1 aliphatic carbocycles. The lowest BCUT2D eigenvalue weighted by atomic mass is 10.0. The summed E-state index contributed by atoms with van der Waals surface area (Å²) in [5.41, 5.74) is 4.34. The second-order valence-electron chi connectivity index (χ2n) is 5.92. The van der Waals surface area contributed by atoms with Gasteiger partial charge in [0.05, 0.1) is 11.4 Å². The van der Waals surface area contributed by atoms with Crippen LogP contribution >= 0.6 is 0 Å². The van der Waals surface area contributed by atoms with Gasteiger partial charge in [0.1, 0.15) is 11.6 Å². The molecule has 2 aromatic rings. The van der Waals surface area contributed by atoms with Gasteiger partial charge >= 0.3 is 0 Å². The first kappa shape index (κ1) is 12.9. The highest BCUT2D eigenvalue weighted by Crippen LogP contribution is 2.41. The topological polar surface area (TPSA) is 37.8 Å². The van der Waals surface area contributed by atoms with E-state index in [1.54, 1.807) is 6.07 Å². The summed E-state index contributed by atoms with van der Waals surface area (Å²) >= 11 is 0. The Morgan fingerprint density at radius 3 is 2.86 bits per heavy atom. The van der Waals surface area contributed by atoms with Crippen molar-refractivity contribution in [1.82, 2.24) is 15.3 Å². The van der Waals surface area contributed by atoms with E-state index in [0.29, 0.717) is 17.9 Å². The first-order valence-electron chi connectivity index (χ1n) is 7.64. The Labute approximate surface area is 123 Å². The molecule has 2 heterocycles. The molecule has 0 unspecified atom stereocenters. The minimum absolute atomic E-state index is 0.173. The summed E-state index contributed by atoms with van der Waals surface area (Å²) in [5.74, 6) is 1.19. The van der Waals surface area contributed by atoms with E-state index in [1.807, 2.05) is 12.1 Å². The molecule has 1 aromatic carbocycles. The fraction of sp³-hybridized carbons (Fsp3) is 0.412. The van der Waals surface area contributed by atoms with Crippen molar-refractivity contribution in [3.63, 3.8) is 0 Å². The predicted molar refractivity (Wildman–Crippen MR) is 78.6 cm³/mol. The molecule has 0 bridgehead atoms. The summed E-state index contributed by atoms with van der Waals surface area (Å²) < 4.78 is 13.8. The number of aromatic nitrogens is 2. The lowest BCUT2D eigenvalue weighted by molar-refractivity contribution is 0.601. The number of nitrogens with zero attached hydrogens (tertiary/aromatic N) is 2. The summed E-state index contributed by atoms with van der Waals surface area (Å²) in [4.78, 5) is 9.47. The summed E-state index contributed by atoms with van der Waals surface area (Å²) in [6.45, 7) is 1.84. The minimum Gasteiger partial charge on any atom is -0.312 e. The first-order valence-corrected chi connectivity index (χ1v) is 7.64. The first-order chi connectivity index (χ1) is 10.3. The van der Waals surface area contributed by atoms with E-state index in [4.69, 9.17) is 9.97 Å². The van der Waals surface area contributed by atoms with Crippen LogP contribution in [0.25, 0.3) is 0 Å². The number of hydrogen-bond donors (Lipinski definition) is 1. The maximum atomic E-state index is 13.8. The molecule has 4 heteroatoms. The second-order valence-corrected chi connectivity index (χ2v) is 5.92. The highest BCUT2D eigenvalue weighted by atomic mass is 19.1. The molecule has 21 heavy (non-hydrogen) atoms. The smallest absolute Gasteiger partial charge is 0.133 e. The van der Waals surface area contributed by atoms with Gasteiger partial charge in [-0.3, -0.25) is 0 Å². The van der Waals surface area contributed by atoms with E-state index in [9.17, 15) is 4.39 Å². The molecule has 0 radical (unpaired) electrons. The zero-order valence-electron chi connectivity index (χ0n) is 11.9. The normalized spacial score (nSPS) is 17.6. The van der Waals surface area contributed by atoms with Crippen LogP contribution in [0.3, 0.4) is 0 Å². The van der Waals surface area contributed by atoms with Crippen LogP contribution < -0.4 is 5.32 Å². The van der Waals surface area contributed by atoms with Crippen molar-refractivity contribution in [3.05, 3.63) is 58.4 Å². The molecule has 1 saturated carbocycles. The Hall–Kier alpha value is -1.81. The largest absolute Gasteiger partial charge is 0.312 e. The molecule has 1 N–H and O–H groups in total. The fourth-order valence-corrected chi connectivity index (χ4v) is 3.01. The molecule has 3 nitrogen and oxygen atoms in total. The number of halogens is 1. The van der Waals surface area contributed by atoms with Crippen LogP contribution in [0.4, 0.5) is 4.39 Å². The number of rotatable bonds is 3. The van der Waals surface area contributed by atoms with Crippen LogP contribution in [0.5, 0.6) is 0 Å². The number of hydrogen-bond acceptors (Lipinski definition) is 3. The third kappa shape index (κ3) is 2.56. The van der Waals surface area contributed by atoms with Crippen molar-refractivity contribution < 1.29 is 4.39 Å². The van der Waals surface area contributed by atoms with Crippen molar-refractivity contribution in [2.75, 3.05) is 6.54 Å². The van der Waals surface area contributed by atoms with Crippen LogP contribution in [0.2, 0.25) is 0 Å². The molecular formula is C17H18FN3. The Morgan fingerprint density at radius 2 is 2.05 bits per heavy atom. The van der Waals surface area contributed by atoms with Gasteiger partial charge in [0.25, 0.3) is 0 Å². The van der Waals surface area contributed by atoms with Crippen molar-refractivity contribution in [2.45, 2.75) is 38.1 Å². The van der Waals surface area contributed by atoms with E-state index in [0.717, 1.165) is 31.0 Å². The number of benzene rings is 1. The lowest BCUT2D eigenvalue weighted by Crippen LogP contribution is -2.27. The molecule has 0 saturated heterocycles.